The molecule has 1 aromatic carbocycles. The molecule has 1 saturated heterocycles. The third-order valence-corrected chi connectivity index (χ3v) is 4.27. The SMILES string of the molecule is Cc1ccc2c(c1)[C@H](N)CC1(CC(C)OC(C)C1)O2. The molecule has 0 aromatic heterocycles. The van der Waals surface area contributed by atoms with Gasteiger partial charge in [-0.2, -0.15) is 0 Å². The lowest BCUT2D eigenvalue weighted by atomic mass is 9.78. The van der Waals surface area contributed by atoms with Gasteiger partial charge in [0.1, 0.15) is 11.4 Å². The largest absolute Gasteiger partial charge is 0.487 e. The van der Waals surface area contributed by atoms with Crippen LogP contribution in [0.15, 0.2) is 18.2 Å². The summed E-state index contributed by atoms with van der Waals surface area (Å²) in [5, 5.41) is 0. The van der Waals surface area contributed by atoms with Crippen LogP contribution in [-0.2, 0) is 4.74 Å². The first-order valence-electron chi connectivity index (χ1n) is 7.18. The van der Waals surface area contributed by atoms with Gasteiger partial charge in [-0.3, -0.25) is 0 Å². The van der Waals surface area contributed by atoms with Gasteiger partial charge in [0, 0.05) is 30.9 Å². The highest BCUT2D eigenvalue weighted by molar-refractivity contribution is 5.41. The molecule has 0 radical (unpaired) electrons. The van der Waals surface area contributed by atoms with E-state index in [4.69, 9.17) is 15.2 Å². The van der Waals surface area contributed by atoms with Gasteiger partial charge in [0.25, 0.3) is 0 Å². The Morgan fingerprint density at radius 1 is 1.16 bits per heavy atom. The van der Waals surface area contributed by atoms with Crippen LogP contribution in [0.5, 0.6) is 5.75 Å². The average molecular weight is 261 g/mol. The number of fused-ring (bicyclic) bond motifs is 1. The summed E-state index contributed by atoms with van der Waals surface area (Å²) >= 11 is 0. The Labute approximate surface area is 115 Å². The molecule has 1 aromatic rings. The zero-order valence-electron chi connectivity index (χ0n) is 12.0. The molecule has 2 aliphatic heterocycles. The lowest BCUT2D eigenvalue weighted by molar-refractivity contribution is -0.129. The monoisotopic (exact) mass is 261 g/mol. The third kappa shape index (κ3) is 2.37. The molecule has 0 saturated carbocycles. The summed E-state index contributed by atoms with van der Waals surface area (Å²) in [5.41, 5.74) is 8.64. The smallest absolute Gasteiger partial charge is 0.124 e. The van der Waals surface area contributed by atoms with Crippen molar-refractivity contribution in [3.8, 4) is 5.75 Å². The maximum absolute atomic E-state index is 6.39. The Kier molecular flexibility index (Phi) is 3.06. The van der Waals surface area contributed by atoms with Crippen molar-refractivity contribution in [3.63, 3.8) is 0 Å². The Hall–Kier alpha value is -1.06. The molecule has 1 spiro atoms. The first kappa shape index (κ1) is 12.9. The molecule has 3 heteroatoms. The van der Waals surface area contributed by atoms with Gasteiger partial charge in [-0.1, -0.05) is 17.7 Å². The highest BCUT2D eigenvalue weighted by atomic mass is 16.5. The number of aryl methyl sites for hydroxylation is 1. The minimum Gasteiger partial charge on any atom is -0.487 e. The van der Waals surface area contributed by atoms with E-state index >= 15 is 0 Å². The quantitative estimate of drug-likeness (QED) is 0.780. The van der Waals surface area contributed by atoms with E-state index in [1.165, 1.54) is 5.56 Å². The minimum absolute atomic E-state index is 0.0705. The van der Waals surface area contributed by atoms with Gasteiger partial charge >= 0.3 is 0 Å². The number of nitrogens with two attached hydrogens (primary N) is 1. The summed E-state index contributed by atoms with van der Waals surface area (Å²) in [6.07, 6.45) is 3.23. The van der Waals surface area contributed by atoms with Gasteiger partial charge in [0.05, 0.1) is 12.2 Å². The van der Waals surface area contributed by atoms with Gasteiger partial charge in [0.15, 0.2) is 0 Å². The third-order valence-electron chi connectivity index (χ3n) is 4.27. The molecule has 0 bridgehead atoms. The molecule has 0 aliphatic carbocycles. The number of ether oxygens (including phenoxy) is 2. The fourth-order valence-electron chi connectivity index (χ4n) is 3.71. The van der Waals surface area contributed by atoms with Crippen molar-refractivity contribution in [3.05, 3.63) is 29.3 Å². The van der Waals surface area contributed by atoms with Crippen LogP contribution in [0.1, 0.15) is 50.3 Å². The fraction of sp³-hybridized carbons (Fsp3) is 0.625. The normalized spacial score (nSPS) is 37.8. The van der Waals surface area contributed by atoms with Gasteiger partial charge in [-0.25, -0.2) is 0 Å². The van der Waals surface area contributed by atoms with Crippen molar-refractivity contribution < 1.29 is 9.47 Å². The first-order chi connectivity index (χ1) is 8.97. The number of hydrogen-bond donors (Lipinski definition) is 1. The average Bonchev–Trinajstić information content (AvgIpc) is 2.28. The fourth-order valence-corrected chi connectivity index (χ4v) is 3.71. The molecule has 3 rings (SSSR count). The molecule has 19 heavy (non-hydrogen) atoms. The summed E-state index contributed by atoms with van der Waals surface area (Å²) in [6, 6.07) is 6.38. The van der Waals surface area contributed by atoms with Crippen LogP contribution in [0.2, 0.25) is 0 Å². The number of hydrogen-bond acceptors (Lipinski definition) is 3. The predicted molar refractivity (Wildman–Crippen MR) is 75.3 cm³/mol. The zero-order chi connectivity index (χ0) is 13.6. The van der Waals surface area contributed by atoms with Crippen LogP contribution in [0.3, 0.4) is 0 Å². The van der Waals surface area contributed by atoms with Gasteiger partial charge < -0.3 is 15.2 Å². The Morgan fingerprint density at radius 2 is 1.84 bits per heavy atom. The first-order valence-corrected chi connectivity index (χ1v) is 7.18. The van der Waals surface area contributed by atoms with Crippen molar-refractivity contribution in [2.24, 2.45) is 5.73 Å². The van der Waals surface area contributed by atoms with E-state index in [9.17, 15) is 0 Å². The maximum atomic E-state index is 6.39. The standard InChI is InChI=1S/C16H23NO2/c1-10-4-5-15-13(6-10)14(17)9-16(19-15)7-11(2)18-12(3)8-16/h4-6,11-12,14H,7-9,17H2,1-3H3/t11?,12?,14-,16?/m1/s1. The maximum Gasteiger partial charge on any atom is 0.124 e. The molecule has 104 valence electrons. The van der Waals surface area contributed by atoms with Crippen LogP contribution in [-0.4, -0.2) is 17.8 Å². The highest BCUT2D eigenvalue weighted by Crippen LogP contribution is 2.45. The molecule has 2 N–H and O–H groups in total. The summed E-state index contributed by atoms with van der Waals surface area (Å²) in [5.74, 6) is 0.964. The lowest BCUT2D eigenvalue weighted by Gasteiger charge is -2.47. The Balaban J connectivity index is 1.94. The van der Waals surface area contributed by atoms with Crippen molar-refractivity contribution in [2.45, 2.75) is 63.9 Å². The van der Waals surface area contributed by atoms with E-state index in [0.29, 0.717) is 0 Å². The molecule has 2 unspecified atom stereocenters. The van der Waals surface area contributed by atoms with Crippen molar-refractivity contribution in [1.82, 2.24) is 0 Å². The van der Waals surface area contributed by atoms with Crippen LogP contribution in [0.4, 0.5) is 0 Å². The van der Waals surface area contributed by atoms with Crippen molar-refractivity contribution >= 4 is 0 Å². The van der Waals surface area contributed by atoms with E-state index in [1.807, 2.05) is 0 Å². The molecular weight excluding hydrogens is 238 g/mol. The second kappa shape index (κ2) is 4.50. The summed E-state index contributed by atoms with van der Waals surface area (Å²) in [7, 11) is 0. The number of rotatable bonds is 0. The Morgan fingerprint density at radius 3 is 2.53 bits per heavy atom. The molecule has 0 amide bonds. The molecule has 3 nitrogen and oxygen atoms in total. The van der Waals surface area contributed by atoms with Crippen LogP contribution in [0.25, 0.3) is 0 Å². The van der Waals surface area contributed by atoms with Gasteiger partial charge in [-0.15, -0.1) is 0 Å². The van der Waals surface area contributed by atoms with E-state index in [-0.39, 0.29) is 23.9 Å². The summed E-state index contributed by atoms with van der Waals surface area (Å²) in [4.78, 5) is 0. The van der Waals surface area contributed by atoms with Crippen molar-refractivity contribution in [1.29, 1.82) is 0 Å². The summed E-state index contributed by atoms with van der Waals surface area (Å²) in [6.45, 7) is 6.34. The van der Waals surface area contributed by atoms with E-state index in [2.05, 4.69) is 39.0 Å². The summed E-state index contributed by atoms with van der Waals surface area (Å²) < 4.78 is 12.2. The molecule has 2 heterocycles. The minimum atomic E-state index is -0.140. The van der Waals surface area contributed by atoms with Crippen LogP contribution in [0, 0.1) is 6.92 Å². The topological polar surface area (TPSA) is 44.5 Å². The zero-order valence-corrected chi connectivity index (χ0v) is 12.0. The van der Waals surface area contributed by atoms with Gasteiger partial charge in [0.2, 0.25) is 0 Å². The van der Waals surface area contributed by atoms with E-state index in [0.717, 1.165) is 30.6 Å². The second-order valence-electron chi connectivity index (χ2n) is 6.30. The lowest BCUT2D eigenvalue weighted by Crippen LogP contribution is -2.51. The van der Waals surface area contributed by atoms with Crippen LogP contribution < -0.4 is 10.5 Å². The van der Waals surface area contributed by atoms with Crippen molar-refractivity contribution in [2.75, 3.05) is 0 Å². The van der Waals surface area contributed by atoms with E-state index in [1.54, 1.807) is 0 Å². The molecule has 3 atom stereocenters. The molecular formula is C16H23NO2. The van der Waals surface area contributed by atoms with Crippen LogP contribution >= 0.6 is 0 Å². The van der Waals surface area contributed by atoms with E-state index < -0.39 is 0 Å². The second-order valence-corrected chi connectivity index (χ2v) is 6.30. The molecule has 1 fully saturated rings. The van der Waals surface area contributed by atoms with Gasteiger partial charge in [-0.05, 0) is 26.8 Å². The molecule has 2 aliphatic rings. The number of benzene rings is 1. The Bertz CT molecular complexity index is 476. The highest BCUT2D eigenvalue weighted by Gasteiger charge is 2.45. The predicted octanol–water partition coefficient (Wildman–Crippen LogP) is 3.10.